The van der Waals surface area contributed by atoms with E-state index in [0.29, 0.717) is 5.75 Å². The zero-order chi connectivity index (χ0) is 51.4. The molecule has 23 heteroatoms. The van der Waals surface area contributed by atoms with Crippen molar-refractivity contribution >= 4 is 38.8 Å². The van der Waals surface area contributed by atoms with Gasteiger partial charge in [-0.2, -0.15) is 4.57 Å². The molecule has 0 radical (unpaired) electrons. The van der Waals surface area contributed by atoms with Gasteiger partial charge in [-0.15, -0.1) is 21.9 Å². The number of aromatic hydroxyl groups is 1. The molecular formula is C47H20BF20NO. The van der Waals surface area contributed by atoms with E-state index in [1.54, 1.807) is 12.1 Å². The van der Waals surface area contributed by atoms with E-state index in [0.717, 1.165) is 13.0 Å². The van der Waals surface area contributed by atoms with Crippen LogP contribution < -0.4 is 26.4 Å². The third-order valence-electron chi connectivity index (χ3n) is 11.3. The van der Waals surface area contributed by atoms with E-state index in [1.807, 2.05) is 18.2 Å². The second-order valence-electron chi connectivity index (χ2n) is 15.1. The van der Waals surface area contributed by atoms with Gasteiger partial charge < -0.3 is 5.11 Å². The summed E-state index contributed by atoms with van der Waals surface area (Å²) >= 11 is 0. The second-order valence-corrected chi connectivity index (χ2v) is 15.1. The van der Waals surface area contributed by atoms with Crippen LogP contribution in [0.3, 0.4) is 0 Å². The molecule has 0 unspecified atom stereocenters. The van der Waals surface area contributed by atoms with Gasteiger partial charge in [-0.3, -0.25) is 0 Å². The van der Waals surface area contributed by atoms with Crippen LogP contribution in [0.25, 0.3) is 10.8 Å². The fraction of sp³-hybridized carbons (Fsp3) is 0.0426. The predicted molar refractivity (Wildman–Crippen MR) is 210 cm³/mol. The van der Waals surface area contributed by atoms with Gasteiger partial charge in [0.15, 0.2) is 88.2 Å². The smallest absolute Gasteiger partial charge is 0.200 e. The van der Waals surface area contributed by atoms with E-state index < -0.39 is 144 Å². The van der Waals surface area contributed by atoms with E-state index >= 15 is 35.1 Å². The molecule has 0 bridgehead atoms. The highest BCUT2D eigenvalue weighted by atomic mass is 19.2. The number of phenolic OH excluding ortho intramolecular Hbond substituents is 1. The molecule has 2 nitrogen and oxygen atoms in total. The third kappa shape index (κ3) is 8.09. The lowest BCUT2D eigenvalue weighted by molar-refractivity contribution is -0.693. The molecule has 7 aromatic carbocycles. The van der Waals surface area contributed by atoms with Crippen molar-refractivity contribution in [2.24, 2.45) is 0 Å². The average Bonchev–Trinajstić information content (AvgIpc) is 3.35. The van der Waals surface area contributed by atoms with Crippen LogP contribution in [0, 0.1) is 116 Å². The summed E-state index contributed by atoms with van der Waals surface area (Å²) in [5, 5.41) is 12.1. The minimum atomic E-state index is -7.22. The maximum atomic E-state index is 15.4. The molecule has 0 atom stereocenters. The Hall–Kier alpha value is -7.59. The molecular weight excluding hydrogens is 985 g/mol. The first-order valence-electron chi connectivity index (χ1n) is 19.4. The van der Waals surface area contributed by atoms with Crippen molar-refractivity contribution in [1.82, 2.24) is 0 Å². The van der Waals surface area contributed by atoms with Crippen molar-refractivity contribution in [3.8, 4) is 5.75 Å². The van der Waals surface area contributed by atoms with Gasteiger partial charge in [-0.1, -0.05) is 60.7 Å². The van der Waals surface area contributed by atoms with E-state index in [1.165, 1.54) is 27.6 Å². The van der Waals surface area contributed by atoms with Gasteiger partial charge in [0.1, 0.15) is 58.4 Å². The lowest BCUT2D eigenvalue weighted by atomic mass is 9.12. The van der Waals surface area contributed by atoms with Crippen LogP contribution in [0.4, 0.5) is 87.8 Å². The summed E-state index contributed by atoms with van der Waals surface area (Å²) in [6.45, 7) is 0.846. The number of hydrogen-bond donors (Lipinski definition) is 1. The fourth-order valence-corrected chi connectivity index (χ4v) is 8.13. The first-order valence-corrected chi connectivity index (χ1v) is 19.4. The monoisotopic (exact) mass is 1010 g/mol. The molecule has 0 aliphatic heterocycles. The van der Waals surface area contributed by atoms with E-state index in [9.17, 15) is 57.8 Å². The quantitative estimate of drug-likeness (QED) is 0.0530. The van der Waals surface area contributed by atoms with Crippen LogP contribution in [0.2, 0.25) is 0 Å². The minimum Gasteiger partial charge on any atom is -0.508 e. The molecule has 0 fully saturated rings. The second kappa shape index (κ2) is 19.1. The van der Waals surface area contributed by atoms with Crippen molar-refractivity contribution in [1.29, 1.82) is 0 Å². The van der Waals surface area contributed by atoms with Gasteiger partial charge in [0.2, 0.25) is 0 Å². The summed E-state index contributed by atoms with van der Waals surface area (Å²) in [4.78, 5) is 0. The molecule has 0 amide bonds. The number of phenols is 1. The van der Waals surface area contributed by atoms with E-state index in [4.69, 9.17) is 0 Å². The van der Waals surface area contributed by atoms with Crippen LogP contribution in [0.5, 0.6) is 5.75 Å². The summed E-state index contributed by atoms with van der Waals surface area (Å²) in [6.07, 6.45) is -4.22. The Morgan fingerprint density at radius 1 is 0.329 bits per heavy atom. The van der Waals surface area contributed by atoms with Crippen LogP contribution in [0.15, 0.2) is 91.1 Å². The van der Waals surface area contributed by atoms with E-state index in [2.05, 4.69) is 65.4 Å². The normalized spacial score (nSPS) is 11.6. The number of benzene rings is 7. The number of hydrogen-bond acceptors (Lipinski definition) is 1. The standard InChI is InChI=1S/C24BF20.C23H19NO/c26-5-1(6(27)14(35)21(42)13(5)34)25(2-7(28)15(36)22(43)16(37)8(2)29,3-9(30)17(38)23(44)18(39)10(3)31)4-11(32)19(40)24(45)20(41)12(4)33;25-21-12-10-18(11-13-21)16-23-22-9-5-4-8-20(22)14-15-24(23)17-19-6-2-1-3-7-19/h;1-15H,16-17H2/q-1;/p+1. The van der Waals surface area contributed by atoms with Gasteiger partial charge in [-0.05, 0) is 29.1 Å². The fourth-order valence-electron chi connectivity index (χ4n) is 8.13. The van der Waals surface area contributed by atoms with Crippen molar-refractivity contribution in [2.45, 2.75) is 13.0 Å². The molecule has 70 heavy (non-hydrogen) atoms. The molecule has 362 valence electrons. The molecule has 1 N–H and O–H groups in total. The van der Waals surface area contributed by atoms with E-state index in [-0.39, 0.29) is 0 Å². The topological polar surface area (TPSA) is 24.1 Å². The zero-order valence-electron chi connectivity index (χ0n) is 34.1. The minimum absolute atomic E-state index is 0.304. The maximum Gasteiger partial charge on any atom is 0.200 e. The summed E-state index contributed by atoms with van der Waals surface area (Å²) in [6, 6.07) is 28.7. The van der Waals surface area contributed by atoms with Crippen LogP contribution in [-0.2, 0) is 13.0 Å². The number of pyridine rings is 1. The number of halogens is 20. The highest BCUT2D eigenvalue weighted by molar-refractivity contribution is 7.20. The Kier molecular flexibility index (Phi) is 13.7. The lowest BCUT2D eigenvalue weighted by Crippen LogP contribution is -2.81. The molecule has 0 saturated carbocycles. The highest BCUT2D eigenvalue weighted by Crippen LogP contribution is 2.31. The van der Waals surface area contributed by atoms with Crippen LogP contribution in [0.1, 0.15) is 16.8 Å². The summed E-state index contributed by atoms with van der Waals surface area (Å²) in [7, 11) is 0. The summed E-state index contributed by atoms with van der Waals surface area (Å²) in [5.41, 5.74) is -10.6. The van der Waals surface area contributed by atoms with Crippen molar-refractivity contribution in [2.75, 3.05) is 0 Å². The molecule has 8 aromatic rings. The molecule has 0 spiro atoms. The van der Waals surface area contributed by atoms with Crippen molar-refractivity contribution in [3.05, 3.63) is 224 Å². The largest absolute Gasteiger partial charge is 0.508 e. The predicted octanol–water partition coefficient (Wildman–Crippen LogP) is 10.3. The molecule has 1 heterocycles. The maximum absolute atomic E-state index is 15.4. The molecule has 0 aliphatic rings. The first-order chi connectivity index (χ1) is 33.0. The number of aromatic nitrogens is 1. The Labute approximate surface area is 378 Å². The van der Waals surface area contributed by atoms with Crippen molar-refractivity contribution in [3.63, 3.8) is 0 Å². The molecule has 0 aliphatic carbocycles. The Morgan fingerprint density at radius 3 is 1.00 bits per heavy atom. The first kappa shape index (κ1) is 50.3. The van der Waals surface area contributed by atoms with Gasteiger partial charge in [-0.25, -0.2) is 87.8 Å². The third-order valence-corrected chi connectivity index (χ3v) is 11.3. The SMILES string of the molecule is Fc1c(F)c(F)c([B-](c2c(F)c(F)c(F)c(F)c2F)(c2c(F)c(F)c(F)c(F)c2F)c2c(F)c(F)c(F)c(F)c2F)c(F)c1F.Oc1ccc(Cc2c3ccccc3cc[n+]2Cc2ccccc2)cc1. The van der Waals surface area contributed by atoms with Gasteiger partial charge >= 0.3 is 0 Å². The number of rotatable bonds is 8. The Morgan fingerprint density at radius 2 is 0.643 bits per heavy atom. The van der Waals surface area contributed by atoms with Crippen LogP contribution in [-0.4, -0.2) is 11.3 Å². The highest BCUT2D eigenvalue weighted by Gasteiger charge is 2.52. The van der Waals surface area contributed by atoms with Gasteiger partial charge in [0, 0.05) is 17.0 Å². The number of fused-ring (bicyclic) bond motifs is 1. The Bertz CT molecular complexity index is 3010. The van der Waals surface area contributed by atoms with Crippen molar-refractivity contribution < 1.29 is 97.5 Å². The zero-order valence-corrected chi connectivity index (χ0v) is 34.1. The lowest BCUT2D eigenvalue weighted by Gasteiger charge is -2.44. The number of nitrogens with zero attached hydrogens (tertiary/aromatic N) is 1. The van der Waals surface area contributed by atoms with Gasteiger partial charge in [0.05, 0.1) is 6.42 Å². The molecule has 8 rings (SSSR count). The molecule has 0 saturated heterocycles. The summed E-state index contributed by atoms with van der Waals surface area (Å²) in [5.74, 6) is -71.1. The molecule has 1 aromatic heterocycles. The van der Waals surface area contributed by atoms with Gasteiger partial charge in [0.25, 0.3) is 0 Å². The van der Waals surface area contributed by atoms with Crippen LogP contribution >= 0.6 is 0 Å². The summed E-state index contributed by atoms with van der Waals surface area (Å²) < 4.78 is 296. The average molecular weight is 1010 g/mol. The Balaban J connectivity index is 0.000000242.